The number of halogens is 1. The molecule has 20 heavy (non-hydrogen) atoms. The number of hydrazine groups is 1. The Bertz CT molecular complexity index is 770. The van der Waals surface area contributed by atoms with Crippen molar-refractivity contribution in [1.29, 1.82) is 0 Å². The van der Waals surface area contributed by atoms with Crippen LogP contribution < -0.4 is 11.3 Å². The number of pyridine rings is 1. The van der Waals surface area contributed by atoms with E-state index in [0.29, 0.717) is 0 Å². The maximum absolute atomic E-state index is 5.66. The molecule has 0 spiro atoms. The second-order valence-electron chi connectivity index (χ2n) is 4.66. The van der Waals surface area contributed by atoms with E-state index in [0.717, 1.165) is 37.9 Å². The molecular formula is C16H14BrN3. The summed E-state index contributed by atoms with van der Waals surface area (Å²) in [6, 6.07) is 16.1. The number of nitrogens with zero attached hydrogens (tertiary/aromatic N) is 1. The van der Waals surface area contributed by atoms with Crippen LogP contribution >= 0.6 is 15.9 Å². The lowest BCUT2D eigenvalue weighted by molar-refractivity contribution is 1.32. The monoisotopic (exact) mass is 327 g/mol. The minimum Gasteiger partial charge on any atom is -0.323 e. The van der Waals surface area contributed by atoms with Gasteiger partial charge in [-0.05, 0) is 34.5 Å². The zero-order chi connectivity index (χ0) is 14.1. The van der Waals surface area contributed by atoms with Crippen LogP contribution in [0.3, 0.4) is 0 Å². The van der Waals surface area contributed by atoms with Gasteiger partial charge in [-0.1, -0.05) is 42.5 Å². The summed E-state index contributed by atoms with van der Waals surface area (Å²) < 4.78 is 1.00. The summed E-state index contributed by atoms with van der Waals surface area (Å²) in [4.78, 5) is 4.77. The van der Waals surface area contributed by atoms with E-state index in [-0.39, 0.29) is 0 Å². The Hall–Kier alpha value is -1.91. The Morgan fingerprint density at radius 2 is 1.85 bits per heavy atom. The minimum absolute atomic E-state index is 0.870. The summed E-state index contributed by atoms with van der Waals surface area (Å²) in [7, 11) is 0. The third kappa shape index (κ3) is 2.17. The molecule has 3 aromatic rings. The van der Waals surface area contributed by atoms with Crippen LogP contribution in [-0.4, -0.2) is 4.98 Å². The average molecular weight is 328 g/mol. The summed E-state index contributed by atoms with van der Waals surface area (Å²) >= 11 is 3.62. The van der Waals surface area contributed by atoms with Crippen molar-refractivity contribution < 1.29 is 0 Å². The molecular weight excluding hydrogens is 314 g/mol. The van der Waals surface area contributed by atoms with Crippen molar-refractivity contribution >= 4 is 32.5 Å². The number of benzene rings is 2. The molecule has 0 saturated carbocycles. The number of nitrogens with two attached hydrogens (primary N) is 1. The number of fused-ring (bicyclic) bond motifs is 1. The highest BCUT2D eigenvalue weighted by Crippen LogP contribution is 2.33. The van der Waals surface area contributed by atoms with Crippen LogP contribution in [0.15, 0.2) is 53.0 Å². The lowest BCUT2D eigenvalue weighted by Gasteiger charge is -2.11. The van der Waals surface area contributed by atoms with Gasteiger partial charge >= 0.3 is 0 Å². The van der Waals surface area contributed by atoms with Crippen molar-refractivity contribution in [3.05, 3.63) is 58.6 Å². The van der Waals surface area contributed by atoms with Gasteiger partial charge in [-0.25, -0.2) is 4.98 Å². The van der Waals surface area contributed by atoms with Gasteiger partial charge in [-0.2, -0.15) is 0 Å². The Morgan fingerprint density at radius 1 is 1.10 bits per heavy atom. The maximum atomic E-state index is 5.66. The minimum atomic E-state index is 0.870. The highest BCUT2D eigenvalue weighted by atomic mass is 79.9. The third-order valence-electron chi connectivity index (χ3n) is 3.34. The molecule has 4 heteroatoms. The van der Waals surface area contributed by atoms with Gasteiger partial charge in [0.2, 0.25) is 0 Å². The van der Waals surface area contributed by atoms with Crippen molar-refractivity contribution in [2.45, 2.75) is 6.92 Å². The molecule has 0 aliphatic heterocycles. The fraction of sp³-hybridized carbons (Fsp3) is 0.0625. The number of aryl methyl sites for hydroxylation is 1. The fourth-order valence-corrected chi connectivity index (χ4v) is 2.67. The van der Waals surface area contributed by atoms with Gasteiger partial charge in [0.15, 0.2) is 0 Å². The number of aromatic nitrogens is 1. The lowest BCUT2D eigenvalue weighted by atomic mass is 10.1. The molecule has 0 bridgehead atoms. The lowest BCUT2D eigenvalue weighted by Crippen LogP contribution is -2.08. The van der Waals surface area contributed by atoms with E-state index in [1.807, 2.05) is 42.5 Å². The highest BCUT2D eigenvalue weighted by molar-refractivity contribution is 9.10. The van der Waals surface area contributed by atoms with Crippen molar-refractivity contribution in [2.75, 3.05) is 5.43 Å². The average Bonchev–Trinajstić information content (AvgIpc) is 2.51. The number of hydrogen-bond acceptors (Lipinski definition) is 3. The summed E-state index contributed by atoms with van der Waals surface area (Å²) in [6.07, 6.45) is 0. The van der Waals surface area contributed by atoms with Crippen LogP contribution in [0.25, 0.3) is 22.2 Å². The van der Waals surface area contributed by atoms with Crippen LogP contribution in [0.5, 0.6) is 0 Å². The van der Waals surface area contributed by atoms with Crippen LogP contribution in [0, 0.1) is 6.92 Å². The summed E-state index contributed by atoms with van der Waals surface area (Å²) in [5.74, 6) is 5.66. The van der Waals surface area contributed by atoms with Crippen molar-refractivity contribution in [3.63, 3.8) is 0 Å². The molecule has 1 heterocycles. The first-order chi connectivity index (χ1) is 9.70. The zero-order valence-corrected chi connectivity index (χ0v) is 12.6. The number of rotatable bonds is 2. The van der Waals surface area contributed by atoms with Crippen molar-refractivity contribution in [2.24, 2.45) is 5.84 Å². The molecule has 3 nitrogen and oxygen atoms in total. The molecule has 0 amide bonds. The molecule has 3 N–H and O–H groups in total. The van der Waals surface area contributed by atoms with Crippen LogP contribution in [-0.2, 0) is 0 Å². The van der Waals surface area contributed by atoms with Crippen LogP contribution in [0.1, 0.15) is 5.56 Å². The van der Waals surface area contributed by atoms with Crippen LogP contribution in [0.2, 0.25) is 0 Å². The van der Waals surface area contributed by atoms with Gasteiger partial charge in [-0.3, -0.25) is 5.84 Å². The highest BCUT2D eigenvalue weighted by Gasteiger charge is 2.10. The topological polar surface area (TPSA) is 50.9 Å². The predicted molar refractivity (Wildman–Crippen MR) is 87.4 cm³/mol. The van der Waals surface area contributed by atoms with Gasteiger partial charge in [0.05, 0.1) is 16.9 Å². The third-order valence-corrected chi connectivity index (χ3v) is 4.34. The van der Waals surface area contributed by atoms with Gasteiger partial charge in [-0.15, -0.1) is 0 Å². The van der Waals surface area contributed by atoms with E-state index in [4.69, 9.17) is 10.8 Å². The molecule has 0 atom stereocenters. The second-order valence-corrected chi connectivity index (χ2v) is 5.45. The SMILES string of the molecule is Cc1ccc2c(NN)cc(-c3ccccc3)nc2c1Br. The first-order valence-electron chi connectivity index (χ1n) is 6.32. The molecule has 1 aromatic heterocycles. The van der Waals surface area contributed by atoms with E-state index < -0.39 is 0 Å². The first kappa shape index (κ1) is 13.1. The first-order valence-corrected chi connectivity index (χ1v) is 7.12. The molecule has 3 rings (SSSR count). The Labute approximate surface area is 125 Å². The standard InChI is InChI=1S/C16H14BrN3/c1-10-7-8-12-14(20-18)9-13(19-16(12)15(10)17)11-5-3-2-4-6-11/h2-9H,18H2,1H3,(H,19,20). The summed E-state index contributed by atoms with van der Waals surface area (Å²) in [6.45, 7) is 2.05. The molecule has 0 saturated heterocycles. The van der Waals surface area contributed by atoms with E-state index >= 15 is 0 Å². The quantitative estimate of drug-likeness (QED) is 0.546. The predicted octanol–water partition coefficient (Wildman–Crippen LogP) is 4.26. The molecule has 100 valence electrons. The second kappa shape index (κ2) is 5.23. The van der Waals surface area contributed by atoms with Gasteiger partial charge in [0, 0.05) is 15.4 Å². The number of nitrogens with one attached hydrogen (secondary N) is 1. The zero-order valence-electron chi connectivity index (χ0n) is 11.0. The van der Waals surface area contributed by atoms with E-state index in [1.54, 1.807) is 0 Å². The molecule has 0 radical (unpaired) electrons. The Balaban J connectivity index is 2.33. The van der Waals surface area contributed by atoms with E-state index in [9.17, 15) is 0 Å². The summed E-state index contributed by atoms with van der Waals surface area (Å²) in [5, 5.41) is 1.00. The van der Waals surface area contributed by atoms with Gasteiger partial charge in [0.1, 0.15) is 0 Å². The number of nitrogen functional groups attached to an aromatic ring is 1. The Morgan fingerprint density at radius 3 is 2.55 bits per heavy atom. The molecule has 0 fully saturated rings. The van der Waals surface area contributed by atoms with Crippen molar-refractivity contribution in [1.82, 2.24) is 4.98 Å². The fourth-order valence-electron chi connectivity index (χ4n) is 2.24. The number of anilines is 1. The van der Waals surface area contributed by atoms with Crippen molar-refractivity contribution in [3.8, 4) is 11.3 Å². The maximum Gasteiger partial charge on any atom is 0.0875 e. The Kier molecular flexibility index (Phi) is 3.42. The molecule has 0 aliphatic carbocycles. The molecule has 2 aromatic carbocycles. The molecule has 0 aliphatic rings. The largest absolute Gasteiger partial charge is 0.323 e. The number of hydrogen-bond donors (Lipinski definition) is 2. The molecule has 0 unspecified atom stereocenters. The van der Waals surface area contributed by atoms with Gasteiger partial charge < -0.3 is 5.43 Å². The van der Waals surface area contributed by atoms with E-state index in [1.165, 1.54) is 0 Å². The smallest absolute Gasteiger partial charge is 0.0875 e. The van der Waals surface area contributed by atoms with Gasteiger partial charge in [0.25, 0.3) is 0 Å². The summed E-state index contributed by atoms with van der Waals surface area (Å²) in [5.41, 5.74) is 7.67. The normalized spacial score (nSPS) is 10.8. The van der Waals surface area contributed by atoms with E-state index in [2.05, 4.69) is 34.3 Å². The van der Waals surface area contributed by atoms with Crippen LogP contribution in [0.4, 0.5) is 5.69 Å².